The highest BCUT2D eigenvalue weighted by molar-refractivity contribution is 6.01. The fourth-order valence-electron chi connectivity index (χ4n) is 7.06. The summed E-state index contributed by atoms with van der Waals surface area (Å²) < 4.78 is 50.2. The van der Waals surface area contributed by atoms with Crippen LogP contribution < -0.4 is 4.74 Å². The minimum atomic E-state index is -2.64. The molecule has 2 saturated heterocycles. The third kappa shape index (κ3) is 6.15. The zero-order chi connectivity index (χ0) is 32.8. The SMILES string of the molecule is Cn1nc(-c2cc3c(-c4cc(F)cc(OCCN5CCCC5)c4)cccc3[nH]2)c2cc(-c3cncc(CN4CCC(F)(F)C4)c3)cnc21. The first kappa shape index (κ1) is 30.6. The Kier molecular flexibility index (Phi) is 7.88. The van der Waals surface area contributed by atoms with Crippen molar-refractivity contribution < 1.29 is 17.9 Å². The second-order valence-corrected chi connectivity index (χ2v) is 13.0. The number of ether oxygens (including phenoxy) is 1. The minimum Gasteiger partial charge on any atom is -0.492 e. The monoisotopic (exact) mass is 651 g/mol. The highest BCUT2D eigenvalue weighted by Crippen LogP contribution is 2.37. The van der Waals surface area contributed by atoms with Gasteiger partial charge in [-0.3, -0.25) is 14.8 Å². The fraction of sp³-hybridized carbons (Fsp3) is 0.324. The molecule has 0 spiro atoms. The molecule has 8 rings (SSSR count). The van der Waals surface area contributed by atoms with Crippen LogP contribution in [-0.2, 0) is 13.6 Å². The first-order chi connectivity index (χ1) is 23.3. The van der Waals surface area contributed by atoms with Crippen molar-refractivity contribution in [3.8, 4) is 39.4 Å². The van der Waals surface area contributed by atoms with Crippen molar-refractivity contribution in [1.82, 2.24) is 34.5 Å². The van der Waals surface area contributed by atoms with E-state index < -0.39 is 5.92 Å². The molecule has 0 bridgehead atoms. The van der Waals surface area contributed by atoms with Gasteiger partial charge in [0, 0.05) is 85.2 Å². The van der Waals surface area contributed by atoms with Crippen LogP contribution in [0.5, 0.6) is 5.75 Å². The van der Waals surface area contributed by atoms with Gasteiger partial charge >= 0.3 is 0 Å². The molecule has 4 aromatic heterocycles. The van der Waals surface area contributed by atoms with Crippen LogP contribution in [0.1, 0.15) is 24.8 Å². The van der Waals surface area contributed by atoms with Crippen molar-refractivity contribution in [2.24, 2.45) is 7.05 Å². The van der Waals surface area contributed by atoms with E-state index in [2.05, 4.69) is 14.9 Å². The molecular weight excluding hydrogens is 615 g/mol. The van der Waals surface area contributed by atoms with Gasteiger partial charge in [0.1, 0.15) is 23.9 Å². The standard InChI is InChI=1S/C37H36F3N7O/c1-45-36-32(16-27(21-42-36)26-13-24(19-41-20-26)22-47-10-7-37(39,40)23-47)35(44-45)34-18-31-30(5-4-6-33(31)43-34)25-14-28(38)17-29(15-25)48-12-11-46-8-2-3-9-46/h4-6,13-21,43H,2-3,7-12,22-23H2,1H3. The maximum absolute atomic E-state index is 14.9. The molecule has 8 nitrogen and oxygen atoms in total. The van der Waals surface area contributed by atoms with Gasteiger partial charge in [-0.2, -0.15) is 5.10 Å². The van der Waals surface area contributed by atoms with Crippen LogP contribution in [0.4, 0.5) is 13.2 Å². The average Bonchev–Trinajstić information content (AvgIpc) is 3.87. The van der Waals surface area contributed by atoms with Crippen molar-refractivity contribution in [2.75, 3.05) is 39.3 Å². The van der Waals surface area contributed by atoms with Gasteiger partial charge < -0.3 is 9.72 Å². The Labute approximate surface area is 276 Å². The van der Waals surface area contributed by atoms with E-state index in [1.807, 2.05) is 49.5 Å². The molecule has 1 N–H and O–H groups in total. The molecule has 0 radical (unpaired) electrons. The van der Waals surface area contributed by atoms with Gasteiger partial charge in [-0.05, 0) is 79.0 Å². The quantitative estimate of drug-likeness (QED) is 0.177. The van der Waals surface area contributed by atoms with Gasteiger partial charge in [0.2, 0.25) is 0 Å². The number of hydrogen-bond donors (Lipinski definition) is 1. The van der Waals surface area contributed by atoms with Crippen LogP contribution in [-0.4, -0.2) is 79.8 Å². The van der Waals surface area contributed by atoms with Gasteiger partial charge in [0.25, 0.3) is 5.92 Å². The predicted octanol–water partition coefficient (Wildman–Crippen LogP) is 7.30. The molecule has 6 aromatic rings. The molecular formula is C37H36F3N7O. The van der Waals surface area contributed by atoms with Gasteiger partial charge in [0.15, 0.2) is 5.65 Å². The van der Waals surface area contributed by atoms with Crippen molar-refractivity contribution in [3.63, 3.8) is 0 Å². The van der Waals surface area contributed by atoms with Crippen LogP contribution in [0.2, 0.25) is 0 Å². The number of aryl methyl sites for hydroxylation is 1. The normalized spacial score (nSPS) is 16.8. The Morgan fingerprint density at radius 1 is 0.896 bits per heavy atom. The number of fused-ring (bicyclic) bond motifs is 2. The summed E-state index contributed by atoms with van der Waals surface area (Å²) in [6, 6.07) is 16.9. The highest BCUT2D eigenvalue weighted by atomic mass is 19.3. The summed E-state index contributed by atoms with van der Waals surface area (Å²) in [7, 11) is 1.86. The van der Waals surface area contributed by atoms with Crippen LogP contribution in [0.25, 0.3) is 55.6 Å². The van der Waals surface area contributed by atoms with Crippen LogP contribution >= 0.6 is 0 Å². The topological polar surface area (TPSA) is 75.1 Å². The zero-order valence-electron chi connectivity index (χ0n) is 26.7. The van der Waals surface area contributed by atoms with Crippen molar-refractivity contribution in [1.29, 1.82) is 0 Å². The number of alkyl halides is 2. The molecule has 0 amide bonds. The van der Waals surface area contributed by atoms with E-state index in [0.717, 1.165) is 80.8 Å². The van der Waals surface area contributed by atoms with Crippen molar-refractivity contribution >= 4 is 21.9 Å². The number of hydrogen-bond acceptors (Lipinski definition) is 6. The molecule has 0 unspecified atom stereocenters. The van der Waals surface area contributed by atoms with Gasteiger partial charge in [-0.1, -0.05) is 12.1 Å². The van der Waals surface area contributed by atoms with Crippen LogP contribution in [0.3, 0.4) is 0 Å². The summed E-state index contributed by atoms with van der Waals surface area (Å²) in [5.74, 6) is -2.47. The summed E-state index contributed by atoms with van der Waals surface area (Å²) in [4.78, 5) is 16.8. The summed E-state index contributed by atoms with van der Waals surface area (Å²) in [6.07, 6.45) is 7.60. The minimum absolute atomic E-state index is 0.115. The van der Waals surface area contributed by atoms with E-state index in [1.165, 1.54) is 18.9 Å². The molecule has 48 heavy (non-hydrogen) atoms. The molecule has 246 valence electrons. The third-order valence-electron chi connectivity index (χ3n) is 9.44. The van der Waals surface area contributed by atoms with Crippen LogP contribution in [0.15, 0.2) is 73.2 Å². The predicted molar refractivity (Wildman–Crippen MR) is 180 cm³/mol. The van der Waals surface area contributed by atoms with E-state index in [-0.39, 0.29) is 18.8 Å². The lowest BCUT2D eigenvalue weighted by Gasteiger charge is -2.15. The molecule has 2 aromatic carbocycles. The van der Waals surface area contributed by atoms with E-state index in [9.17, 15) is 13.2 Å². The van der Waals surface area contributed by atoms with E-state index in [4.69, 9.17) is 14.8 Å². The summed E-state index contributed by atoms with van der Waals surface area (Å²) in [5, 5.41) is 6.62. The van der Waals surface area contributed by atoms with E-state index in [0.29, 0.717) is 25.4 Å². The number of aromatic amines is 1. The average molecular weight is 652 g/mol. The highest BCUT2D eigenvalue weighted by Gasteiger charge is 2.38. The number of aromatic nitrogens is 5. The Bertz CT molecular complexity index is 2120. The van der Waals surface area contributed by atoms with Gasteiger partial charge in [-0.25, -0.2) is 22.8 Å². The summed E-state index contributed by atoms with van der Waals surface area (Å²) in [5.41, 5.74) is 7.36. The second kappa shape index (κ2) is 12.4. The number of rotatable bonds is 9. The number of nitrogens with zero attached hydrogens (tertiary/aromatic N) is 6. The summed E-state index contributed by atoms with van der Waals surface area (Å²) in [6.45, 7) is 4.08. The largest absolute Gasteiger partial charge is 0.492 e. The maximum atomic E-state index is 14.9. The Morgan fingerprint density at radius 3 is 2.58 bits per heavy atom. The lowest BCUT2D eigenvalue weighted by molar-refractivity contribution is 0.0115. The number of benzene rings is 2. The van der Waals surface area contributed by atoms with E-state index >= 15 is 0 Å². The fourth-order valence-corrected chi connectivity index (χ4v) is 7.06. The third-order valence-corrected chi connectivity index (χ3v) is 9.44. The number of H-pyrrole nitrogens is 1. The number of pyridine rings is 2. The van der Waals surface area contributed by atoms with Crippen molar-refractivity contribution in [3.05, 3.63) is 84.6 Å². The van der Waals surface area contributed by atoms with Gasteiger partial charge in [0.05, 0.1) is 12.2 Å². The smallest absolute Gasteiger partial charge is 0.261 e. The summed E-state index contributed by atoms with van der Waals surface area (Å²) >= 11 is 0. The number of nitrogens with one attached hydrogen (secondary N) is 1. The number of halogens is 3. The van der Waals surface area contributed by atoms with E-state index in [1.54, 1.807) is 34.2 Å². The molecule has 2 fully saturated rings. The van der Waals surface area contributed by atoms with Crippen LogP contribution in [0, 0.1) is 5.82 Å². The first-order valence-corrected chi connectivity index (χ1v) is 16.4. The molecule has 0 aliphatic carbocycles. The Balaban J connectivity index is 1.10. The first-order valence-electron chi connectivity index (χ1n) is 16.4. The Morgan fingerprint density at radius 2 is 1.75 bits per heavy atom. The molecule has 0 atom stereocenters. The molecule has 2 aliphatic rings. The molecule has 2 aliphatic heterocycles. The maximum Gasteiger partial charge on any atom is 0.261 e. The molecule has 6 heterocycles. The lowest BCUT2D eigenvalue weighted by Crippen LogP contribution is -2.25. The lowest BCUT2D eigenvalue weighted by atomic mass is 10.0. The van der Waals surface area contributed by atoms with Gasteiger partial charge in [-0.15, -0.1) is 0 Å². The van der Waals surface area contributed by atoms with Crippen molar-refractivity contribution in [2.45, 2.75) is 31.7 Å². The zero-order valence-corrected chi connectivity index (χ0v) is 26.7. The Hall–Kier alpha value is -4.74. The second-order valence-electron chi connectivity index (χ2n) is 13.0. The number of likely N-dealkylation sites (tertiary alicyclic amines) is 2. The molecule has 11 heteroatoms. The molecule has 0 saturated carbocycles.